The van der Waals surface area contributed by atoms with Gasteiger partial charge >= 0.3 is 6.03 Å². The van der Waals surface area contributed by atoms with E-state index in [-0.39, 0.29) is 6.03 Å². The molecule has 0 heterocycles. The lowest BCUT2D eigenvalue weighted by Gasteiger charge is -1.97. The van der Waals surface area contributed by atoms with E-state index >= 15 is 0 Å². The van der Waals surface area contributed by atoms with Gasteiger partial charge in [-0.05, 0) is 6.92 Å². The van der Waals surface area contributed by atoms with E-state index in [1.54, 1.807) is 6.92 Å². The van der Waals surface area contributed by atoms with Crippen LogP contribution in [-0.2, 0) is 0 Å². The van der Waals surface area contributed by atoms with E-state index in [4.69, 9.17) is 11.6 Å². The van der Waals surface area contributed by atoms with Crippen molar-refractivity contribution in [1.29, 1.82) is 0 Å². The fraction of sp³-hybridized carbons (Fsp3) is 0.500. The zero-order chi connectivity index (χ0) is 7.82. The Bertz CT molecular complexity index is 159. The highest BCUT2D eigenvalue weighted by atomic mass is 35.5. The molecule has 0 aromatic rings. The van der Waals surface area contributed by atoms with Crippen molar-refractivity contribution in [2.75, 3.05) is 12.4 Å². The SMILES string of the molecule is CC#CNC(=O)NCCCl. The van der Waals surface area contributed by atoms with Crippen molar-refractivity contribution in [1.82, 2.24) is 10.6 Å². The summed E-state index contributed by atoms with van der Waals surface area (Å²) >= 11 is 5.30. The van der Waals surface area contributed by atoms with Gasteiger partial charge in [-0.25, -0.2) is 4.79 Å². The maximum atomic E-state index is 10.6. The lowest BCUT2D eigenvalue weighted by Crippen LogP contribution is -2.33. The third kappa shape index (κ3) is 5.26. The summed E-state index contributed by atoms with van der Waals surface area (Å²) in [5, 5.41) is 4.78. The van der Waals surface area contributed by atoms with E-state index in [1.165, 1.54) is 0 Å². The Labute approximate surface area is 65.1 Å². The van der Waals surface area contributed by atoms with Crippen LogP contribution in [0.4, 0.5) is 4.79 Å². The number of urea groups is 1. The van der Waals surface area contributed by atoms with Crippen LogP contribution in [0.2, 0.25) is 0 Å². The molecule has 10 heavy (non-hydrogen) atoms. The molecule has 0 rings (SSSR count). The number of hydrogen-bond donors (Lipinski definition) is 2. The Hall–Kier alpha value is -0.880. The van der Waals surface area contributed by atoms with Crippen molar-refractivity contribution >= 4 is 17.6 Å². The van der Waals surface area contributed by atoms with Crippen LogP contribution < -0.4 is 10.6 Å². The minimum absolute atomic E-state index is 0.310. The molecule has 0 bridgehead atoms. The summed E-state index contributed by atoms with van der Waals surface area (Å²) in [5.74, 6) is 2.93. The van der Waals surface area contributed by atoms with Crippen LogP contribution in [0.1, 0.15) is 6.92 Å². The third-order valence-electron chi connectivity index (χ3n) is 0.681. The van der Waals surface area contributed by atoms with Crippen LogP contribution in [0.15, 0.2) is 0 Å². The van der Waals surface area contributed by atoms with Crippen LogP contribution in [0.25, 0.3) is 0 Å². The largest absolute Gasteiger partial charge is 0.336 e. The maximum absolute atomic E-state index is 10.6. The van der Waals surface area contributed by atoms with Gasteiger partial charge in [0.15, 0.2) is 0 Å². The molecule has 0 saturated carbocycles. The molecule has 56 valence electrons. The Morgan fingerprint density at radius 3 is 2.90 bits per heavy atom. The van der Waals surface area contributed by atoms with E-state index in [0.717, 1.165) is 0 Å². The molecule has 4 heteroatoms. The Morgan fingerprint density at radius 2 is 2.40 bits per heavy atom. The van der Waals surface area contributed by atoms with Crippen LogP contribution in [0, 0.1) is 12.0 Å². The number of nitrogens with one attached hydrogen (secondary N) is 2. The van der Waals surface area contributed by atoms with E-state index in [2.05, 4.69) is 22.6 Å². The second-order valence-corrected chi connectivity index (χ2v) is 1.82. The van der Waals surface area contributed by atoms with Crippen molar-refractivity contribution in [2.45, 2.75) is 6.92 Å². The summed E-state index contributed by atoms with van der Waals surface area (Å²) < 4.78 is 0. The molecule has 0 atom stereocenters. The molecule has 0 aliphatic carbocycles. The number of hydrogen-bond acceptors (Lipinski definition) is 1. The van der Waals surface area contributed by atoms with Crippen molar-refractivity contribution < 1.29 is 4.79 Å². The Kier molecular flexibility index (Phi) is 5.69. The minimum atomic E-state index is -0.310. The number of carbonyl (C=O) groups excluding carboxylic acids is 1. The molecule has 0 aliphatic heterocycles. The topological polar surface area (TPSA) is 41.1 Å². The van der Waals surface area contributed by atoms with Gasteiger partial charge in [-0.15, -0.1) is 11.6 Å². The summed E-state index contributed by atoms with van der Waals surface area (Å²) in [7, 11) is 0. The van der Waals surface area contributed by atoms with E-state index in [0.29, 0.717) is 12.4 Å². The van der Waals surface area contributed by atoms with Gasteiger partial charge in [-0.1, -0.05) is 5.92 Å². The molecule has 0 unspecified atom stereocenters. The molecule has 0 fully saturated rings. The third-order valence-corrected chi connectivity index (χ3v) is 0.870. The van der Waals surface area contributed by atoms with Gasteiger partial charge in [0, 0.05) is 18.5 Å². The van der Waals surface area contributed by atoms with Crippen molar-refractivity contribution in [3.05, 3.63) is 0 Å². The predicted molar refractivity (Wildman–Crippen MR) is 40.7 cm³/mol. The summed E-state index contributed by atoms with van der Waals surface area (Å²) in [6.07, 6.45) is 0. The molecule has 0 saturated heterocycles. The predicted octanol–water partition coefficient (Wildman–Crippen LogP) is 0.505. The summed E-state index contributed by atoms with van der Waals surface area (Å²) in [5.41, 5.74) is 0. The number of carbonyl (C=O) groups is 1. The molecule has 0 aliphatic rings. The lowest BCUT2D eigenvalue weighted by atomic mass is 10.7. The molecule has 0 radical (unpaired) electrons. The summed E-state index contributed by atoms with van der Waals surface area (Å²) in [6.45, 7) is 2.10. The highest BCUT2D eigenvalue weighted by molar-refractivity contribution is 6.18. The molecule has 3 nitrogen and oxygen atoms in total. The van der Waals surface area contributed by atoms with E-state index < -0.39 is 0 Å². The molecular weight excluding hydrogens is 152 g/mol. The number of amides is 2. The quantitative estimate of drug-likeness (QED) is 0.345. The number of alkyl halides is 1. The first-order valence-corrected chi connectivity index (χ1v) is 3.36. The lowest BCUT2D eigenvalue weighted by molar-refractivity contribution is 0.245. The van der Waals surface area contributed by atoms with Gasteiger partial charge in [0.2, 0.25) is 0 Å². The first kappa shape index (κ1) is 9.12. The average molecular weight is 161 g/mol. The monoisotopic (exact) mass is 160 g/mol. The smallest absolute Gasteiger partial charge is 0.326 e. The van der Waals surface area contributed by atoms with Crippen LogP contribution >= 0.6 is 11.6 Å². The Balaban J connectivity index is 3.31. The van der Waals surface area contributed by atoms with Crippen molar-refractivity contribution in [3.63, 3.8) is 0 Å². The van der Waals surface area contributed by atoms with Crippen LogP contribution in [0.3, 0.4) is 0 Å². The number of halogens is 1. The van der Waals surface area contributed by atoms with E-state index in [1.807, 2.05) is 0 Å². The first-order chi connectivity index (χ1) is 4.81. The van der Waals surface area contributed by atoms with Gasteiger partial charge < -0.3 is 5.32 Å². The van der Waals surface area contributed by atoms with E-state index in [9.17, 15) is 4.79 Å². The molecule has 2 N–H and O–H groups in total. The highest BCUT2D eigenvalue weighted by Crippen LogP contribution is 1.69. The fourth-order valence-electron chi connectivity index (χ4n) is 0.324. The molecule has 2 amide bonds. The standard InChI is InChI=1S/C6H9ClN2O/c1-2-4-8-6(10)9-5-3-7/h3,5H2,1H3,(H2,8,9,10). The van der Waals surface area contributed by atoms with Gasteiger partial charge in [0.25, 0.3) is 0 Å². The molecule has 0 spiro atoms. The van der Waals surface area contributed by atoms with Gasteiger partial charge in [-0.3, -0.25) is 5.32 Å². The summed E-state index contributed by atoms with van der Waals surface area (Å²) in [4.78, 5) is 10.6. The summed E-state index contributed by atoms with van der Waals surface area (Å²) in [6, 6.07) is 2.09. The van der Waals surface area contributed by atoms with Gasteiger partial charge in [0.1, 0.15) is 0 Å². The first-order valence-electron chi connectivity index (χ1n) is 2.82. The Morgan fingerprint density at radius 1 is 1.70 bits per heavy atom. The highest BCUT2D eigenvalue weighted by Gasteiger charge is 1.92. The fourth-order valence-corrected chi connectivity index (χ4v) is 0.419. The maximum Gasteiger partial charge on any atom is 0.326 e. The van der Waals surface area contributed by atoms with Gasteiger partial charge in [0.05, 0.1) is 0 Å². The average Bonchev–Trinajstić information content (AvgIpc) is 1.97. The molecular formula is C6H9ClN2O. The van der Waals surface area contributed by atoms with Crippen molar-refractivity contribution in [2.24, 2.45) is 0 Å². The van der Waals surface area contributed by atoms with Crippen molar-refractivity contribution in [3.8, 4) is 12.0 Å². The van der Waals surface area contributed by atoms with Gasteiger partial charge in [-0.2, -0.15) is 0 Å². The zero-order valence-electron chi connectivity index (χ0n) is 5.70. The minimum Gasteiger partial charge on any atom is -0.336 e. The molecule has 0 aromatic carbocycles. The second-order valence-electron chi connectivity index (χ2n) is 1.44. The van der Waals surface area contributed by atoms with Crippen LogP contribution in [0.5, 0.6) is 0 Å². The second kappa shape index (κ2) is 6.24. The molecule has 0 aromatic heterocycles. The van der Waals surface area contributed by atoms with Crippen LogP contribution in [-0.4, -0.2) is 18.5 Å². The number of rotatable bonds is 2. The normalized spacial score (nSPS) is 7.40. The zero-order valence-corrected chi connectivity index (χ0v) is 6.46.